The van der Waals surface area contributed by atoms with Gasteiger partial charge >= 0.3 is 0 Å². The molecular formula is C7H12F2. The molecule has 54 valence electrons. The summed E-state index contributed by atoms with van der Waals surface area (Å²) in [7, 11) is 0. The van der Waals surface area contributed by atoms with Crippen molar-refractivity contribution in [2.45, 2.75) is 27.2 Å². The van der Waals surface area contributed by atoms with Crippen LogP contribution in [0.4, 0.5) is 8.78 Å². The lowest BCUT2D eigenvalue weighted by molar-refractivity contribution is 0.202. The van der Waals surface area contributed by atoms with Crippen LogP contribution in [0.5, 0.6) is 0 Å². The first kappa shape index (κ1) is 8.60. The fourth-order valence-corrected chi connectivity index (χ4v) is 0.361. The van der Waals surface area contributed by atoms with Crippen molar-refractivity contribution < 1.29 is 8.78 Å². The first-order valence-corrected chi connectivity index (χ1v) is 2.89. The molecule has 0 aromatic carbocycles. The van der Waals surface area contributed by atoms with Crippen molar-refractivity contribution >= 4 is 0 Å². The fourth-order valence-electron chi connectivity index (χ4n) is 0.361. The second-order valence-electron chi connectivity index (χ2n) is 3.06. The molecule has 0 unspecified atom stereocenters. The molecule has 0 saturated heterocycles. The molecule has 2 heteroatoms. The quantitative estimate of drug-likeness (QED) is 0.484. The molecule has 0 nitrogen and oxygen atoms in total. The summed E-state index contributed by atoms with van der Waals surface area (Å²) in [5.74, 6) is 0. The van der Waals surface area contributed by atoms with Gasteiger partial charge in [0.2, 0.25) is 0 Å². The van der Waals surface area contributed by atoms with Gasteiger partial charge in [-0.15, -0.1) is 0 Å². The number of hydrogen-bond donors (Lipinski definition) is 0. The standard InChI is InChI=1S/C7H12F2/c1-7(2,3)5-4-6(8)9/h4-6H,1-3H3/b5-4-. The maximum atomic E-state index is 11.5. The van der Waals surface area contributed by atoms with E-state index in [-0.39, 0.29) is 5.41 Å². The van der Waals surface area contributed by atoms with Gasteiger partial charge in [0.05, 0.1) is 0 Å². The number of allylic oxidation sites excluding steroid dienone is 2. The number of hydrogen-bond acceptors (Lipinski definition) is 0. The van der Waals surface area contributed by atoms with Gasteiger partial charge in [-0.1, -0.05) is 26.8 Å². The molecule has 0 aromatic rings. The summed E-state index contributed by atoms with van der Waals surface area (Å²) in [6.45, 7) is 5.64. The van der Waals surface area contributed by atoms with Crippen LogP contribution in [0.3, 0.4) is 0 Å². The third-order valence-corrected chi connectivity index (χ3v) is 0.742. The monoisotopic (exact) mass is 134 g/mol. The summed E-state index contributed by atoms with van der Waals surface area (Å²) in [5.41, 5.74) is -0.129. The van der Waals surface area contributed by atoms with Crippen LogP contribution in [-0.2, 0) is 0 Å². The number of alkyl halides is 2. The van der Waals surface area contributed by atoms with E-state index in [4.69, 9.17) is 0 Å². The molecule has 0 aliphatic heterocycles. The molecule has 0 bridgehead atoms. The molecule has 0 N–H and O–H groups in total. The third-order valence-electron chi connectivity index (χ3n) is 0.742. The fraction of sp³-hybridized carbons (Fsp3) is 0.714. The molecule has 0 fully saturated rings. The van der Waals surface area contributed by atoms with Crippen molar-refractivity contribution in [2.75, 3.05) is 0 Å². The highest BCUT2D eigenvalue weighted by molar-refractivity contribution is 4.93. The zero-order valence-electron chi connectivity index (χ0n) is 5.99. The zero-order valence-corrected chi connectivity index (χ0v) is 5.99. The zero-order chi connectivity index (χ0) is 7.49. The SMILES string of the molecule is CC(C)(C)/C=C\C(F)F. The molecule has 0 radical (unpaired) electrons. The Morgan fingerprint density at radius 1 is 1.22 bits per heavy atom. The van der Waals surface area contributed by atoms with Crippen LogP contribution >= 0.6 is 0 Å². The summed E-state index contributed by atoms with van der Waals surface area (Å²) in [5, 5.41) is 0. The lowest BCUT2D eigenvalue weighted by Crippen LogP contribution is -1.99. The van der Waals surface area contributed by atoms with Crippen molar-refractivity contribution in [1.82, 2.24) is 0 Å². The van der Waals surface area contributed by atoms with Crippen LogP contribution in [0.15, 0.2) is 12.2 Å². The largest absolute Gasteiger partial charge is 0.257 e. The van der Waals surface area contributed by atoms with Gasteiger partial charge < -0.3 is 0 Å². The van der Waals surface area contributed by atoms with Crippen LogP contribution in [0.2, 0.25) is 0 Å². The van der Waals surface area contributed by atoms with Gasteiger partial charge in [-0.3, -0.25) is 0 Å². The molecular weight excluding hydrogens is 122 g/mol. The predicted molar refractivity (Wildman–Crippen MR) is 34.6 cm³/mol. The van der Waals surface area contributed by atoms with E-state index in [1.165, 1.54) is 6.08 Å². The van der Waals surface area contributed by atoms with Crippen LogP contribution in [-0.4, -0.2) is 6.43 Å². The second kappa shape index (κ2) is 2.95. The van der Waals surface area contributed by atoms with Gasteiger partial charge in [-0.05, 0) is 11.5 Å². The Morgan fingerprint density at radius 2 is 1.67 bits per heavy atom. The van der Waals surface area contributed by atoms with Crippen LogP contribution in [0.25, 0.3) is 0 Å². The molecule has 9 heavy (non-hydrogen) atoms. The number of halogens is 2. The van der Waals surface area contributed by atoms with Gasteiger partial charge in [-0.25, -0.2) is 8.78 Å². The first-order chi connectivity index (χ1) is 3.92. The summed E-state index contributed by atoms with van der Waals surface area (Å²) < 4.78 is 23.0. The second-order valence-corrected chi connectivity index (χ2v) is 3.06. The van der Waals surface area contributed by atoms with Gasteiger partial charge in [0.1, 0.15) is 0 Å². The van der Waals surface area contributed by atoms with Gasteiger partial charge in [-0.2, -0.15) is 0 Å². The van der Waals surface area contributed by atoms with E-state index < -0.39 is 6.43 Å². The lowest BCUT2D eigenvalue weighted by atomic mass is 9.96. The molecule has 0 aliphatic carbocycles. The predicted octanol–water partition coefficient (Wildman–Crippen LogP) is 2.85. The summed E-state index contributed by atoms with van der Waals surface area (Å²) in [6.07, 6.45) is 0.113. The van der Waals surface area contributed by atoms with Crippen molar-refractivity contribution in [1.29, 1.82) is 0 Å². The van der Waals surface area contributed by atoms with Crippen molar-refractivity contribution in [3.05, 3.63) is 12.2 Å². The highest BCUT2D eigenvalue weighted by Gasteiger charge is 2.04. The Labute approximate surface area is 54.6 Å². The van der Waals surface area contributed by atoms with Gasteiger partial charge in [0, 0.05) is 0 Å². The minimum absolute atomic E-state index is 0.129. The summed E-state index contributed by atoms with van der Waals surface area (Å²) >= 11 is 0. The Balaban J connectivity index is 3.71. The topological polar surface area (TPSA) is 0 Å². The first-order valence-electron chi connectivity index (χ1n) is 2.89. The van der Waals surface area contributed by atoms with Gasteiger partial charge in [0.15, 0.2) is 0 Å². The Bertz CT molecular complexity index is 98.0. The van der Waals surface area contributed by atoms with Crippen LogP contribution in [0.1, 0.15) is 20.8 Å². The van der Waals surface area contributed by atoms with Crippen LogP contribution in [0, 0.1) is 5.41 Å². The van der Waals surface area contributed by atoms with E-state index >= 15 is 0 Å². The Kier molecular flexibility index (Phi) is 2.82. The Hall–Kier alpha value is -0.400. The molecule has 0 aliphatic rings. The van der Waals surface area contributed by atoms with E-state index in [0.717, 1.165) is 6.08 Å². The minimum atomic E-state index is -2.32. The smallest absolute Gasteiger partial charge is 0.206 e. The summed E-state index contributed by atoms with van der Waals surface area (Å²) in [6, 6.07) is 0. The molecule has 0 atom stereocenters. The van der Waals surface area contributed by atoms with E-state index in [1.54, 1.807) is 0 Å². The third kappa shape index (κ3) is 7.60. The molecule has 0 spiro atoms. The average Bonchev–Trinajstić information content (AvgIpc) is 1.59. The van der Waals surface area contributed by atoms with E-state index in [9.17, 15) is 8.78 Å². The van der Waals surface area contributed by atoms with Crippen LogP contribution < -0.4 is 0 Å². The normalized spacial score (nSPS) is 13.6. The maximum Gasteiger partial charge on any atom is 0.257 e. The molecule has 0 heterocycles. The lowest BCUT2D eigenvalue weighted by Gasteiger charge is -2.10. The van der Waals surface area contributed by atoms with Gasteiger partial charge in [0.25, 0.3) is 6.43 Å². The van der Waals surface area contributed by atoms with Crippen molar-refractivity contribution in [3.8, 4) is 0 Å². The molecule has 0 aromatic heterocycles. The average molecular weight is 134 g/mol. The maximum absolute atomic E-state index is 11.5. The molecule has 0 rings (SSSR count). The van der Waals surface area contributed by atoms with E-state index in [2.05, 4.69) is 0 Å². The van der Waals surface area contributed by atoms with Crippen molar-refractivity contribution in [2.24, 2.45) is 5.41 Å². The van der Waals surface area contributed by atoms with Crippen molar-refractivity contribution in [3.63, 3.8) is 0 Å². The molecule has 0 amide bonds. The highest BCUT2D eigenvalue weighted by Crippen LogP contribution is 2.15. The number of rotatable bonds is 1. The van der Waals surface area contributed by atoms with E-state index in [0.29, 0.717) is 0 Å². The Morgan fingerprint density at radius 3 is 1.78 bits per heavy atom. The minimum Gasteiger partial charge on any atom is -0.206 e. The molecule has 0 saturated carbocycles. The summed E-state index contributed by atoms with van der Waals surface area (Å²) in [4.78, 5) is 0. The highest BCUT2D eigenvalue weighted by atomic mass is 19.3. The van der Waals surface area contributed by atoms with E-state index in [1.807, 2.05) is 20.8 Å².